The Balaban J connectivity index is 1.71. The molecule has 0 atom stereocenters. The Kier molecular flexibility index (Phi) is 4.38. The Bertz CT molecular complexity index is 639. The van der Waals surface area contributed by atoms with E-state index < -0.39 is 0 Å². The van der Waals surface area contributed by atoms with Crippen LogP contribution in [0.2, 0.25) is 5.02 Å². The van der Waals surface area contributed by atoms with Gasteiger partial charge in [-0.05, 0) is 12.1 Å². The number of para-hydroxylation sites is 1. The quantitative estimate of drug-likeness (QED) is 0.912. The number of hydrogen-bond acceptors (Lipinski definition) is 5. The van der Waals surface area contributed by atoms with Gasteiger partial charge in [-0.25, -0.2) is 4.98 Å². The van der Waals surface area contributed by atoms with E-state index in [-0.39, 0.29) is 5.91 Å². The van der Waals surface area contributed by atoms with Crippen LogP contribution >= 0.6 is 22.9 Å². The van der Waals surface area contributed by atoms with E-state index in [9.17, 15) is 4.79 Å². The number of thiazole rings is 1. The van der Waals surface area contributed by atoms with Crippen molar-refractivity contribution in [3.63, 3.8) is 0 Å². The molecule has 1 fully saturated rings. The van der Waals surface area contributed by atoms with Crippen LogP contribution in [0.15, 0.2) is 29.6 Å². The average Bonchev–Trinajstić information content (AvgIpc) is 2.98. The number of benzene rings is 1. The van der Waals surface area contributed by atoms with Crippen LogP contribution in [0, 0.1) is 0 Å². The molecule has 0 unspecified atom stereocenters. The molecular weight excluding hydrogens is 308 g/mol. The van der Waals surface area contributed by atoms with Crippen LogP contribution < -0.4 is 10.6 Å². The molecule has 0 spiro atoms. The van der Waals surface area contributed by atoms with Gasteiger partial charge in [-0.15, -0.1) is 11.3 Å². The van der Waals surface area contributed by atoms with Gasteiger partial charge in [0.2, 0.25) is 0 Å². The maximum atomic E-state index is 12.3. The lowest BCUT2D eigenvalue weighted by molar-refractivity contribution is 0.0731. The van der Waals surface area contributed by atoms with Gasteiger partial charge in [0.25, 0.3) is 5.91 Å². The van der Waals surface area contributed by atoms with Gasteiger partial charge in [0.1, 0.15) is 5.69 Å². The van der Waals surface area contributed by atoms with Crippen molar-refractivity contribution in [3.05, 3.63) is 40.4 Å². The molecule has 1 aromatic carbocycles. The molecule has 0 aliphatic carbocycles. The Morgan fingerprint density at radius 3 is 2.86 bits per heavy atom. The molecule has 5 nitrogen and oxygen atoms in total. The molecule has 1 aliphatic rings. The standard InChI is InChI=1S/C14H15ClN4OS/c15-10-3-1-2-4-11(10)17-14-18-12(9-21-14)13(20)19-7-5-16-6-8-19/h1-4,9,16H,5-8H2,(H,17,18). The highest BCUT2D eigenvalue weighted by molar-refractivity contribution is 7.14. The fourth-order valence-corrected chi connectivity index (χ4v) is 3.02. The topological polar surface area (TPSA) is 57.3 Å². The summed E-state index contributed by atoms with van der Waals surface area (Å²) in [6.45, 7) is 3.12. The Morgan fingerprint density at radius 1 is 1.33 bits per heavy atom. The molecule has 1 amide bonds. The second kappa shape index (κ2) is 6.43. The minimum Gasteiger partial charge on any atom is -0.335 e. The Morgan fingerprint density at radius 2 is 2.10 bits per heavy atom. The van der Waals surface area contributed by atoms with Gasteiger partial charge in [0.05, 0.1) is 10.7 Å². The molecule has 110 valence electrons. The number of hydrogen-bond donors (Lipinski definition) is 2. The molecule has 3 rings (SSSR count). The van der Waals surface area contributed by atoms with Crippen molar-refractivity contribution in [2.24, 2.45) is 0 Å². The summed E-state index contributed by atoms with van der Waals surface area (Å²) >= 11 is 7.50. The summed E-state index contributed by atoms with van der Waals surface area (Å²) in [5.41, 5.74) is 1.27. The third kappa shape index (κ3) is 3.34. The number of rotatable bonds is 3. The number of carbonyl (C=O) groups is 1. The van der Waals surface area contributed by atoms with Gasteiger partial charge >= 0.3 is 0 Å². The fraction of sp³-hybridized carbons (Fsp3) is 0.286. The van der Waals surface area contributed by atoms with Gasteiger partial charge < -0.3 is 15.5 Å². The molecule has 0 bridgehead atoms. The largest absolute Gasteiger partial charge is 0.335 e. The number of carbonyl (C=O) groups excluding carboxylic acids is 1. The first-order chi connectivity index (χ1) is 10.2. The van der Waals surface area contributed by atoms with Crippen molar-refractivity contribution in [2.75, 3.05) is 31.5 Å². The van der Waals surface area contributed by atoms with Crippen molar-refractivity contribution in [1.29, 1.82) is 0 Å². The van der Waals surface area contributed by atoms with Crippen LogP contribution in [-0.2, 0) is 0 Å². The first-order valence-corrected chi connectivity index (χ1v) is 7.97. The van der Waals surface area contributed by atoms with Gasteiger partial charge in [0, 0.05) is 31.6 Å². The Hall–Kier alpha value is -1.63. The van der Waals surface area contributed by atoms with Gasteiger partial charge in [-0.3, -0.25) is 4.79 Å². The fourth-order valence-electron chi connectivity index (χ4n) is 2.14. The summed E-state index contributed by atoms with van der Waals surface area (Å²) in [5, 5.41) is 9.45. The predicted octanol–water partition coefficient (Wildman–Crippen LogP) is 2.59. The monoisotopic (exact) mass is 322 g/mol. The highest BCUT2D eigenvalue weighted by atomic mass is 35.5. The molecule has 0 radical (unpaired) electrons. The third-order valence-electron chi connectivity index (χ3n) is 3.24. The SMILES string of the molecule is O=C(c1csc(Nc2ccccc2Cl)n1)N1CCNCC1. The van der Waals surface area contributed by atoms with Gasteiger partial charge in [-0.1, -0.05) is 23.7 Å². The number of aromatic nitrogens is 1. The molecule has 1 aromatic heterocycles. The van der Waals surface area contributed by atoms with E-state index in [0.717, 1.165) is 31.9 Å². The first kappa shape index (κ1) is 14.3. The number of piperazine rings is 1. The zero-order valence-electron chi connectivity index (χ0n) is 11.3. The molecule has 7 heteroatoms. The Labute approximate surface area is 131 Å². The molecular formula is C14H15ClN4OS. The minimum atomic E-state index is -0.0139. The highest BCUT2D eigenvalue weighted by Gasteiger charge is 2.20. The molecule has 0 saturated carbocycles. The van der Waals surface area contributed by atoms with Crippen molar-refractivity contribution < 1.29 is 4.79 Å². The summed E-state index contributed by atoms with van der Waals surface area (Å²) in [5.74, 6) is -0.0139. The summed E-state index contributed by atoms with van der Waals surface area (Å²) < 4.78 is 0. The van der Waals surface area contributed by atoms with Crippen LogP contribution in [0.5, 0.6) is 0 Å². The van der Waals surface area contributed by atoms with E-state index in [1.54, 1.807) is 5.38 Å². The normalized spacial score (nSPS) is 15.0. The van der Waals surface area contributed by atoms with Crippen LogP contribution in [0.4, 0.5) is 10.8 Å². The molecule has 2 N–H and O–H groups in total. The van der Waals surface area contributed by atoms with Crippen LogP contribution in [0.3, 0.4) is 0 Å². The van der Waals surface area contributed by atoms with Gasteiger partial charge in [0.15, 0.2) is 5.13 Å². The van der Waals surface area contributed by atoms with Crippen molar-refractivity contribution in [3.8, 4) is 0 Å². The van der Waals surface area contributed by atoms with Crippen LogP contribution in [0.25, 0.3) is 0 Å². The second-order valence-electron chi connectivity index (χ2n) is 4.68. The predicted molar refractivity (Wildman–Crippen MR) is 85.6 cm³/mol. The first-order valence-electron chi connectivity index (χ1n) is 6.71. The third-order valence-corrected chi connectivity index (χ3v) is 4.33. The van der Waals surface area contributed by atoms with E-state index in [1.165, 1.54) is 11.3 Å². The number of anilines is 2. The highest BCUT2D eigenvalue weighted by Crippen LogP contribution is 2.27. The van der Waals surface area contributed by atoms with Crippen LogP contribution in [0.1, 0.15) is 10.5 Å². The molecule has 21 heavy (non-hydrogen) atoms. The number of amides is 1. The zero-order chi connectivity index (χ0) is 14.7. The summed E-state index contributed by atoms with van der Waals surface area (Å²) in [7, 11) is 0. The lowest BCUT2D eigenvalue weighted by atomic mass is 10.3. The van der Waals surface area contributed by atoms with Crippen LogP contribution in [-0.4, -0.2) is 42.0 Å². The van der Waals surface area contributed by atoms with E-state index in [4.69, 9.17) is 11.6 Å². The molecule has 1 aliphatic heterocycles. The number of halogens is 1. The maximum absolute atomic E-state index is 12.3. The summed E-state index contributed by atoms with van der Waals surface area (Å²) in [4.78, 5) is 18.5. The summed E-state index contributed by atoms with van der Waals surface area (Å²) in [6.07, 6.45) is 0. The maximum Gasteiger partial charge on any atom is 0.273 e. The van der Waals surface area contributed by atoms with E-state index in [2.05, 4.69) is 15.6 Å². The minimum absolute atomic E-state index is 0.0139. The van der Waals surface area contributed by atoms with Gasteiger partial charge in [-0.2, -0.15) is 0 Å². The molecule has 1 saturated heterocycles. The van der Waals surface area contributed by atoms with E-state index in [1.807, 2.05) is 29.2 Å². The van der Waals surface area contributed by atoms with E-state index >= 15 is 0 Å². The number of nitrogens with one attached hydrogen (secondary N) is 2. The summed E-state index contributed by atoms with van der Waals surface area (Å²) in [6, 6.07) is 7.45. The van der Waals surface area contributed by atoms with Crippen molar-refractivity contribution in [2.45, 2.75) is 0 Å². The molecule has 2 heterocycles. The lowest BCUT2D eigenvalue weighted by Gasteiger charge is -2.26. The van der Waals surface area contributed by atoms with E-state index in [0.29, 0.717) is 15.8 Å². The average molecular weight is 323 g/mol. The smallest absolute Gasteiger partial charge is 0.273 e. The second-order valence-corrected chi connectivity index (χ2v) is 5.95. The molecule has 2 aromatic rings. The van der Waals surface area contributed by atoms with Crippen molar-refractivity contribution in [1.82, 2.24) is 15.2 Å². The number of nitrogens with zero attached hydrogens (tertiary/aromatic N) is 2. The lowest BCUT2D eigenvalue weighted by Crippen LogP contribution is -2.46. The zero-order valence-corrected chi connectivity index (χ0v) is 12.9. The van der Waals surface area contributed by atoms with Crippen molar-refractivity contribution >= 4 is 39.7 Å².